The molecule has 1 aliphatic carbocycles. The van der Waals surface area contributed by atoms with E-state index < -0.39 is 0 Å². The standard InChI is InChI=1S/C13H20N6/c1-8-4-3-5-9(8)6-15-11-10-12(17-7-16-10)19-13(14-2)18-11/h7-9H,3-6H2,1-2H3,(H3,14,15,16,17,18,19). The summed E-state index contributed by atoms with van der Waals surface area (Å²) < 4.78 is 0. The summed E-state index contributed by atoms with van der Waals surface area (Å²) >= 11 is 0. The molecule has 3 N–H and O–H groups in total. The molecule has 1 saturated carbocycles. The molecule has 1 aliphatic rings. The molecular formula is C13H20N6. The minimum atomic E-state index is 0.599. The zero-order valence-corrected chi connectivity index (χ0v) is 11.4. The Labute approximate surface area is 112 Å². The molecule has 6 heteroatoms. The summed E-state index contributed by atoms with van der Waals surface area (Å²) in [6.07, 6.45) is 5.66. The number of nitrogens with one attached hydrogen (secondary N) is 3. The van der Waals surface area contributed by atoms with Crippen LogP contribution < -0.4 is 10.6 Å². The Hall–Kier alpha value is -1.85. The van der Waals surface area contributed by atoms with E-state index in [9.17, 15) is 0 Å². The van der Waals surface area contributed by atoms with Crippen molar-refractivity contribution in [3.63, 3.8) is 0 Å². The van der Waals surface area contributed by atoms with Crippen molar-refractivity contribution in [2.75, 3.05) is 24.2 Å². The van der Waals surface area contributed by atoms with Crippen molar-refractivity contribution in [1.29, 1.82) is 0 Å². The number of aromatic amines is 1. The summed E-state index contributed by atoms with van der Waals surface area (Å²) in [6, 6.07) is 0. The molecule has 2 aromatic rings. The predicted octanol–water partition coefficient (Wildman–Crippen LogP) is 2.24. The van der Waals surface area contributed by atoms with Crippen LogP contribution in [0.4, 0.5) is 11.8 Å². The lowest BCUT2D eigenvalue weighted by atomic mass is 9.98. The Morgan fingerprint density at radius 2 is 2.26 bits per heavy atom. The molecule has 102 valence electrons. The van der Waals surface area contributed by atoms with Gasteiger partial charge in [-0.25, -0.2) is 4.98 Å². The number of rotatable bonds is 4. The number of fused-ring (bicyclic) bond motifs is 1. The van der Waals surface area contributed by atoms with Crippen molar-refractivity contribution in [2.45, 2.75) is 26.2 Å². The van der Waals surface area contributed by atoms with E-state index in [0.717, 1.165) is 29.7 Å². The van der Waals surface area contributed by atoms with Crippen molar-refractivity contribution in [3.8, 4) is 0 Å². The van der Waals surface area contributed by atoms with Gasteiger partial charge in [-0.3, -0.25) is 0 Å². The van der Waals surface area contributed by atoms with E-state index in [1.165, 1.54) is 19.3 Å². The number of hydrogen-bond acceptors (Lipinski definition) is 5. The predicted molar refractivity (Wildman–Crippen MR) is 76.2 cm³/mol. The molecule has 2 aromatic heterocycles. The maximum atomic E-state index is 4.47. The van der Waals surface area contributed by atoms with Gasteiger partial charge in [-0.1, -0.05) is 19.8 Å². The van der Waals surface area contributed by atoms with Crippen LogP contribution in [0.5, 0.6) is 0 Å². The second-order valence-corrected chi connectivity index (χ2v) is 5.30. The highest BCUT2D eigenvalue weighted by Crippen LogP contribution is 2.31. The van der Waals surface area contributed by atoms with Crippen molar-refractivity contribution in [3.05, 3.63) is 6.33 Å². The first-order chi connectivity index (χ1) is 9.28. The molecule has 19 heavy (non-hydrogen) atoms. The third kappa shape index (κ3) is 2.34. The van der Waals surface area contributed by atoms with Crippen LogP contribution in [0.3, 0.4) is 0 Å². The molecule has 1 fully saturated rings. The van der Waals surface area contributed by atoms with E-state index in [2.05, 4.69) is 37.5 Å². The van der Waals surface area contributed by atoms with Crippen LogP contribution in [0.15, 0.2) is 6.33 Å². The molecule has 0 amide bonds. The summed E-state index contributed by atoms with van der Waals surface area (Å²) in [4.78, 5) is 16.1. The van der Waals surface area contributed by atoms with Gasteiger partial charge in [-0.2, -0.15) is 9.97 Å². The van der Waals surface area contributed by atoms with Crippen LogP contribution in [0.25, 0.3) is 11.2 Å². The molecule has 0 radical (unpaired) electrons. The highest BCUT2D eigenvalue weighted by atomic mass is 15.2. The van der Waals surface area contributed by atoms with Crippen molar-refractivity contribution >= 4 is 22.9 Å². The first-order valence-corrected chi connectivity index (χ1v) is 6.90. The molecule has 2 atom stereocenters. The fraction of sp³-hybridized carbons (Fsp3) is 0.615. The first kappa shape index (κ1) is 12.2. The number of aromatic nitrogens is 4. The Morgan fingerprint density at radius 1 is 1.37 bits per heavy atom. The molecule has 2 unspecified atom stereocenters. The van der Waals surface area contributed by atoms with Crippen LogP contribution in [-0.4, -0.2) is 33.5 Å². The smallest absolute Gasteiger partial charge is 0.226 e. The van der Waals surface area contributed by atoms with E-state index >= 15 is 0 Å². The average Bonchev–Trinajstić information content (AvgIpc) is 3.04. The zero-order valence-electron chi connectivity index (χ0n) is 11.4. The van der Waals surface area contributed by atoms with Gasteiger partial charge in [0.1, 0.15) is 5.52 Å². The minimum Gasteiger partial charge on any atom is -0.368 e. The molecule has 0 saturated heterocycles. The third-order valence-corrected chi connectivity index (χ3v) is 4.08. The van der Waals surface area contributed by atoms with Gasteiger partial charge in [-0.15, -0.1) is 0 Å². The average molecular weight is 260 g/mol. The Bertz CT molecular complexity index is 563. The highest BCUT2D eigenvalue weighted by Gasteiger charge is 2.23. The lowest BCUT2D eigenvalue weighted by Gasteiger charge is -2.16. The molecular weight excluding hydrogens is 240 g/mol. The molecule has 6 nitrogen and oxygen atoms in total. The molecule has 0 spiro atoms. The summed E-state index contributed by atoms with van der Waals surface area (Å²) in [5.41, 5.74) is 1.57. The van der Waals surface area contributed by atoms with Crippen LogP contribution in [-0.2, 0) is 0 Å². The van der Waals surface area contributed by atoms with Crippen LogP contribution in [0.2, 0.25) is 0 Å². The van der Waals surface area contributed by atoms with Crippen LogP contribution in [0, 0.1) is 11.8 Å². The monoisotopic (exact) mass is 260 g/mol. The summed E-state index contributed by atoms with van der Waals surface area (Å²) in [6.45, 7) is 3.31. The maximum absolute atomic E-state index is 4.47. The summed E-state index contributed by atoms with van der Waals surface area (Å²) in [5, 5.41) is 6.43. The molecule has 2 heterocycles. The molecule has 0 aliphatic heterocycles. The highest BCUT2D eigenvalue weighted by molar-refractivity contribution is 5.83. The maximum Gasteiger partial charge on any atom is 0.226 e. The Morgan fingerprint density at radius 3 is 3.00 bits per heavy atom. The Kier molecular flexibility index (Phi) is 3.23. The number of H-pyrrole nitrogens is 1. The van der Waals surface area contributed by atoms with Gasteiger partial charge in [0.05, 0.1) is 6.33 Å². The summed E-state index contributed by atoms with van der Waals surface area (Å²) in [5.74, 6) is 2.98. The van der Waals surface area contributed by atoms with Gasteiger partial charge in [-0.05, 0) is 18.3 Å². The van der Waals surface area contributed by atoms with Gasteiger partial charge in [0.25, 0.3) is 0 Å². The van der Waals surface area contributed by atoms with E-state index in [1.807, 2.05) is 7.05 Å². The fourth-order valence-corrected chi connectivity index (χ4v) is 2.83. The fourth-order valence-electron chi connectivity index (χ4n) is 2.83. The molecule has 0 aromatic carbocycles. The number of anilines is 2. The summed E-state index contributed by atoms with van der Waals surface area (Å²) in [7, 11) is 1.82. The third-order valence-electron chi connectivity index (χ3n) is 4.08. The van der Waals surface area contributed by atoms with Gasteiger partial charge in [0.15, 0.2) is 11.5 Å². The van der Waals surface area contributed by atoms with Gasteiger partial charge in [0.2, 0.25) is 5.95 Å². The second kappa shape index (κ2) is 5.03. The molecule has 0 bridgehead atoms. The van der Waals surface area contributed by atoms with Crippen LogP contribution in [0.1, 0.15) is 26.2 Å². The topological polar surface area (TPSA) is 78.5 Å². The number of nitrogens with zero attached hydrogens (tertiary/aromatic N) is 3. The van der Waals surface area contributed by atoms with Crippen LogP contribution >= 0.6 is 0 Å². The number of imidazole rings is 1. The van der Waals surface area contributed by atoms with Gasteiger partial charge >= 0.3 is 0 Å². The minimum absolute atomic E-state index is 0.599. The van der Waals surface area contributed by atoms with Gasteiger partial charge < -0.3 is 15.6 Å². The Balaban J connectivity index is 1.81. The lowest BCUT2D eigenvalue weighted by Crippen LogP contribution is -2.17. The van der Waals surface area contributed by atoms with E-state index in [1.54, 1.807) is 6.33 Å². The van der Waals surface area contributed by atoms with Gasteiger partial charge in [0, 0.05) is 13.6 Å². The first-order valence-electron chi connectivity index (χ1n) is 6.90. The zero-order chi connectivity index (χ0) is 13.2. The quantitative estimate of drug-likeness (QED) is 0.785. The van der Waals surface area contributed by atoms with E-state index in [-0.39, 0.29) is 0 Å². The van der Waals surface area contributed by atoms with E-state index in [0.29, 0.717) is 11.6 Å². The SMILES string of the molecule is CNc1nc(NCC2CCCC2C)c2[nH]cnc2n1. The lowest BCUT2D eigenvalue weighted by molar-refractivity contribution is 0.439. The normalized spacial score (nSPS) is 22.8. The number of hydrogen-bond donors (Lipinski definition) is 3. The van der Waals surface area contributed by atoms with E-state index in [4.69, 9.17) is 0 Å². The van der Waals surface area contributed by atoms with Crippen molar-refractivity contribution < 1.29 is 0 Å². The largest absolute Gasteiger partial charge is 0.368 e. The van der Waals surface area contributed by atoms with Crippen molar-refractivity contribution in [1.82, 2.24) is 19.9 Å². The second-order valence-electron chi connectivity index (χ2n) is 5.30. The molecule has 3 rings (SSSR count). The van der Waals surface area contributed by atoms with Crippen molar-refractivity contribution in [2.24, 2.45) is 11.8 Å².